The molecule has 0 radical (unpaired) electrons. The first-order valence-electron chi connectivity index (χ1n) is 8.59. The van der Waals surface area contributed by atoms with E-state index in [0.29, 0.717) is 6.54 Å². The molecule has 1 aliphatic heterocycles. The van der Waals surface area contributed by atoms with Crippen LogP contribution in [-0.4, -0.2) is 55.3 Å². The first-order valence-corrected chi connectivity index (χ1v) is 8.59. The van der Waals surface area contributed by atoms with Gasteiger partial charge in [0.15, 0.2) is 0 Å². The van der Waals surface area contributed by atoms with E-state index >= 15 is 0 Å². The molecule has 1 aromatic carbocycles. The van der Waals surface area contributed by atoms with E-state index < -0.39 is 0 Å². The van der Waals surface area contributed by atoms with E-state index in [4.69, 9.17) is 4.74 Å². The summed E-state index contributed by atoms with van der Waals surface area (Å²) in [5.41, 5.74) is 2.03. The molecule has 0 aromatic heterocycles. The molecular formula is C19H28N2O3. The van der Waals surface area contributed by atoms with Crippen molar-refractivity contribution in [3.63, 3.8) is 0 Å². The lowest BCUT2D eigenvalue weighted by molar-refractivity contribution is -0.116. The van der Waals surface area contributed by atoms with Gasteiger partial charge in [-0.25, -0.2) is 0 Å². The molecule has 2 N–H and O–H groups in total. The van der Waals surface area contributed by atoms with Crippen LogP contribution in [0.15, 0.2) is 24.3 Å². The zero-order valence-corrected chi connectivity index (χ0v) is 14.6. The van der Waals surface area contributed by atoms with Crippen LogP contribution in [0.5, 0.6) is 5.75 Å². The van der Waals surface area contributed by atoms with E-state index in [-0.39, 0.29) is 12.0 Å². The average Bonchev–Trinajstić information content (AvgIpc) is 2.58. The number of aryl methyl sites for hydroxylation is 1. The molecule has 1 fully saturated rings. The van der Waals surface area contributed by atoms with Crippen molar-refractivity contribution in [1.82, 2.24) is 10.2 Å². The van der Waals surface area contributed by atoms with Crippen LogP contribution < -0.4 is 10.1 Å². The van der Waals surface area contributed by atoms with E-state index in [9.17, 15) is 9.90 Å². The molecule has 5 heteroatoms. The summed E-state index contributed by atoms with van der Waals surface area (Å²) in [6, 6.07) is 5.88. The van der Waals surface area contributed by atoms with Gasteiger partial charge < -0.3 is 20.1 Å². The number of methoxy groups -OCH3 is 1. The fourth-order valence-corrected chi connectivity index (χ4v) is 2.87. The van der Waals surface area contributed by atoms with Crippen LogP contribution in [0, 0.1) is 6.92 Å². The zero-order valence-electron chi connectivity index (χ0n) is 14.6. The van der Waals surface area contributed by atoms with Gasteiger partial charge in [-0.1, -0.05) is 11.6 Å². The van der Waals surface area contributed by atoms with Gasteiger partial charge in [0.1, 0.15) is 5.75 Å². The van der Waals surface area contributed by atoms with Crippen molar-refractivity contribution in [2.75, 3.05) is 33.3 Å². The van der Waals surface area contributed by atoms with Gasteiger partial charge >= 0.3 is 0 Å². The van der Waals surface area contributed by atoms with Gasteiger partial charge in [0.25, 0.3) is 0 Å². The molecule has 2 rings (SSSR count). The summed E-state index contributed by atoms with van der Waals surface area (Å²) in [7, 11) is 1.63. The quantitative estimate of drug-likeness (QED) is 0.592. The van der Waals surface area contributed by atoms with Crippen molar-refractivity contribution in [2.24, 2.45) is 0 Å². The van der Waals surface area contributed by atoms with Gasteiger partial charge in [0.2, 0.25) is 5.91 Å². The number of rotatable bonds is 7. The minimum atomic E-state index is -0.135. The first kappa shape index (κ1) is 18.5. The maximum atomic E-state index is 11.9. The largest absolute Gasteiger partial charge is 0.496 e. The molecule has 0 spiro atoms. The number of aliphatic hydroxyl groups is 1. The zero-order chi connectivity index (χ0) is 17.4. The Morgan fingerprint density at radius 3 is 2.88 bits per heavy atom. The van der Waals surface area contributed by atoms with Gasteiger partial charge in [0, 0.05) is 31.3 Å². The maximum Gasteiger partial charge on any atom is 0.244 e. The van der Waals surface area contributed by atoms with Gasteiger partial charge in [-0.15, -0.1) is 0 Å². The number of nitrogens with one attached hydrogen (secondary N) is 1. The predicted octanol–water partition coefficient (Wildman–Crippen LogP) is 1.98. The Balaban J connectivity index is 1.70. The van der Waals surface area contributed by atoms with Crippen molar-refractivity contribution in [2.45, 2.75) is 32.3 Å². The van der Waals surface area contributed by atoms with E-state index in [1.165, 1.54) is 0 Å². The average molecular weight is 332 g/mol. The Kier molecular flexibility index (Phi) is 7.28. The molecule has 0 aliphatic carbocycles. The highest BCUT2D eigenvalue weighted by Gasteiger charge is 2.15. The second-order valence-corrected chi connectivity index (χ2v) is 6.30. The van der Waals surface area contributed by atoms with E-state index in [0.717, 1.165) is 55.8 Å². The molecule has 24 heavy (non-hydrogen) atoms. The summed E-state index contributed by atoms with van der Waals surface area (Å²) < 4.78 is 5.30. The monoisotopic (exact) mass is 332 g/mol. The fraction of sp³-hybridized carbons (Fsp3) is 0.526. The number of nitrogens with zero attached hydrogens (tertiary/aromatic N) is 1. The standard InChI is InChI=1S/C19H28N2O3/c1-15-4-6-18(24-2)16(14-15)5-7-19(23)20-10-3-11-21-12-8-17(22)9-13-21/h4-7,14,17,22H,3,8-13H2,1-2H3,(H,20,23). The van der Waals surface area contributed by atoms with Crippen molar-refractivity contribution in [3.8, 4) is 5.75 Å². The SMILES string of the molecule is COc1ccc(C)cc1C=CC(=O)NCCCN1CCC(O)CC1. The summed E-state index contributed by atoms with van der Waals surface area (Å²) in [6.07, 6.45) is 5.83. The second kappa shape index (κ2) is 9.45. The van der Waals surface area contributed by atoms with Crippen LogP contribution in [0.4, 0.5) is 0 Å². The highest BCUT2D eigenvalue weighted by molar-refractivity contribution is 5.92. The number of likely N-dealkylation sites (tertiary alicyclic amines) is 1. The van der Waals surface area contributed by atoms with E-state index in [2.05, 4.69) is 10.2 Å². The lowest BCUT2D eigenvalue weighted by atomic mass is 10.1. The summed E-state index contributed by atoms with van der Waals surface area (Å²) in [5, 5.41) is 12.4. The lowest BCUT2D eigenvalue weighted by Crippen LogP contribution is -2.37. The van der Waals surface area contributed by atoms with Crippen molar-refractivity contribution < 1.29 is 14.6 Å². The topological polar surface area (TPSA) is 61.8 Å². The van der Waals surface area contributed by atoms with Crippen LogP contribution in [0.25, 0.3) is 6.08 Å². The molecule has 1 aromatic rings. The van der Waals surface area contributed by atoms with Crippen molar-refractivity contribution in [3.05, 3.63) is 35.4 Å². The molecule has 1 saturated heterocycles. The van der Waals surface area contributed by atoms with Gasteiger partial charge in [0.05, 0.1) is 13.2 Å². The first-order chi connectivity index (χ1) is 11.6. The molecule has 0 saturated carbocycles. The Morgan fingerprint density at radius 1 is 1.42 bits per heavy atom. The number of hydrogen-bond donors (Lipinski definition) is 2. The number of piperidine rings is 1. The minimum Gasteiger partial charge on any atom is -0.496 e. The molecule has 1 heterocycles. The van der Waals surface area contributed by atoms with E-state index in [1.54, 1.807) is 19.3 Å². The lowest BCUT2D eigenvalue weighted by Gasteiger charge is -2.29. The summed E-state index contributed by atoms with van der Waals surface area (Å²) >= 11 is 0. The number of aliphatic hydroxyl groups excluding tert-OH is 1. The number of carbonyl (C=O) groups excluding carboxylic acids is 1. The summed E-state index contributed by atoms with van der Waals surface area (Å²) in [4.78, 5) is 14.2. The highest BCUT2D eigenvalue weighted by Crippen LogP contribution is 2.20. The number of carbonyl (C=O) groups is 1. The molecule has 0 atom stereocenters. The van der Waals surface area contributed by atoms with Crippen LogP contribution in [0.2, 0.25) is 0 Å². The molecule has 0 unspecified atom stereocenters. The highest BCUT2D eigenvalue weighted by atomic mass is 16.5. The van der Waals surface area contributed by atoms with Crippen LogP contribution in [-0.2, 0) is 4.79 Å². The number of hydrogen-bond acceptors (Lipinski definition) is 4. The Morgan fingerprint density at radius 2 is 2.17 bits per heavy atom. The molecule has 1 aliphatic rings. The summed E-state index contributed by atoms with van der Waals surface area (Å²) in [6.45, 7) is 5.52. The second-order valence-electron chi connectivity index (χ2n) is 6.30. The maximum absolute atomic E-state index is 11.9. The molecule has 0 bridgehead atoms. The third kappa shape index (κ3) is 5.98. The Labute approximate surface area is 144 Å². The van der Waals surface area contributed by atoms with E-state index in [1.807, 2.05) is 25.1 Å². The molecule has 5 nitrogen and oxygen atoms in total. The van der Waals surface area contributed by atoms with Crippen LogP contribution in [0.1, 0.15) is 30.4 Å². The Bertz CT molecular complexity index is 564. The number of amides is 1. The predicted molar refractivity (Wildman–Crippen MR) is 96.1 cm³/mol. The van der Waals surface area contributed by atoms with Gasteiger partial charge in [-0.2, -0.15) is 0 Å². The van der Waals surface area contributed by atoms with Gasteiger partial charge in [-0.3, -0.25) is 4.79 Å². The summed E-state index contributed by atoms with van der Waals surface area (Å²) in [5.74, 6) is 0.671. The molecule has 132 valence electrons. The minimum absolute atomic E-state index is 0.0902. The van der Waals surface area contributed by atoms with Crippen LogP contribution >= 0.6 is 0 Å². The Hall–Kier alpha value is -1.85. The third-order valence-corrected chi connectivity index (χ3v) is 4.31. The van der Waals surface area contributed by atoms with Crippen molar-refractivity contribution >= 4 is 12.0 Å². The molecular weight excluding hydrogens is 304 g/mol. The van der Waals surface area contributed by atoms with Crippen LogP contribution in [0.3, 0.4) is 0 Å². The van der Waals surface area contributed by atoms with Gasteiger partial charge in [-0.05, 0) is 50.9 Å². The number of benzene rings is 1. The normalized spacial score (nSPS) is 16.5. The third-order valence-electron chi connectivity index (χ3n) is 4.31. The fourth-order valence-electron chi connectivity index (χ4n) is 2.87. The number of ether oxygens (including phenoxy) is 1. The van der Waals surface area contributed by atoms with Crippen molar-refractivity contribution in [1.29, 1.82) is 0 Å². The molecule has 1 amide bonds. The smallest absolute Gasteiger partial charge is 0.244 e.